The maximum absolute atomic E-state index is 12.7. The van der Waals surface area contributed by atoms with Crippen molar-refractivity contribution >= 4 is 77.7 Å². The van der Waals surface area contributed by atoms with Gasteiger partial charge in [-0.05, 0) is 72.1 Å². The van der Waals surface area contributed by atoms with Gasteiger partial charge in [0.1, 0.15) is 24.5 Å². The number of hydrogen-bond acceptors (Lipinski definition) is 9. The average Bonchev–Trinajstić information content (AvgIpc) is 3.22. The Morgan fingerprint density at radius 2 is 1.90 bits per heavy atom. The van der Waals surface area contributed by atoms with Crippen LogP contribution in [0.15, 0.2) is 57.9 Å². The summed E-state index contributed by atoms with van der Waals surface area (Å²) in [6, 6.07) is 7.36. The summed E-state index contributed by atoms with van der Waals surface area (Å²) in [4.78, 5) is 51.7. The number of likely N-dealkylation sites (N-methyl/N-ethyl adjacent to an activating group) is 1. The minimum Gasteiger partial charge on any atom is -1.00 e. The number of carbonyl (C=O) groups is 2. The highest BCUT2D eigenvalue weighted by Gasteiger charge is 2.32. The van der Waals surface area contributed by atoms with Crippen LogP contribution in [-0.2, 0) is 18.4 Å². The third kappa shape index (κ3) is 7.72. The molecule has 0 saturated heterocycles. The summed E-state index contributed by atoms with van der Waals surface area (Å²) < 4.78 is 3.34. The Labute approximate surface area is 267 Å². The van der Waals surface area contributed by atoms with Gasteiger partial charge in [-0.3, -0.25) is 14.2 Å². The van der Waals surface area contributed by atoms with Gasteiger partial charge in [0.05, 0.1) is 32.4 Å². The van der Waals surface area contributed by atoms with Gasteiger partial charge < -0.3 is 47.9 Å². The number of nitrogens with two attached hydrogens (primary N) is 1. The van der Waals surface area contributed by atoms with Gasteiger partial charge in [0.25, 0.3) is 0 Å². The number of benzene rings is 1. The number of primary amides is 1. The second-order valence-corrected chi connectivity index (χ2v) is 11.3. The first-order valence-corrected chi connectivity index (χ1v) is 13.6. The molecule has 0 aliphatic carbocycles. The zero-order chi connectivity index (χ0) is 29.9. The van der Waals surface area contributed by atoms with Gasteiger partial charge in [-0.2, -0.15) is 0 Å². The van der Waals surface area contributed by atoms with Gasteiger partial charge >= 0.3 is 17.5 Å². The number of anilines is 3. The zero-order valence-electron chi connectivity index (χ0n) is 22.5. The molecule has 42 heavy (non-hydrogen) atoms. The molecule has 3 heterocycles. The maximum Gasteiger partial charge on any atom is 0.391 e. The van der Waals surface area contributed by atoms with Crippen LogP contribution < -0.4 is 33.3 Å². The Balaban J connectivity index is 0.00000484. The van der Waals surface area contributed by atoms with E-state index >= 15 is 0 Å². The number of halogens is 3. The van der Waals surface area contributed by atoms with Crippen molar-refractivity contribution in [2.75, 3.05) is 31.3 Å². The normalized spacial score (nSPS) is 11.4. The van der Waals surface area contributed by atoms with E-state index in [9.17, 15) is 19.7 Å². The number of quaternary nitrogens is 1. The maximum atomic E-state index is 12.7. The van der Waals surface area contributed by atoms with Gasteiger partial charge in [0.15, 0.2) is 5.69 Å². The molecule has 0 aliphatic heterocycles. The molecule has 3 aromatic heterocycles. The predicted octanol–water partition coefficient (Wildman–Crippen LogP) is 0.809. The van der Waals surface area contributed by atoms with Crippen molar-refractivity contribution in [1.29, 1.82) is 0 Å². The quantitative estimate of drug-likeness (QED) is 0.0910. The van der Waals surface area contributed by atoms with Crippen LogP contribution in [0.5, 0.6) is 0 Å². The lowest BCUT2D eigenvalue weighted by molar-refractivity contribution is -0.898. The van der Waals surface area contributed by atoms with Crippen molar-refractivity contribution in [2.45, 2.75) is 6.54 Å². The average molecular weight is 769 g/mol. The van der Waals surface area contributed by atoms with E-state index in [4.69, 9.17) is 5.73 Å². The van der Waals surface area contributed by atoms with Crippen molar-refractivity contribution in [3.63, 3.8) is 0 Å². The monoisotopic (exact) mass is 766 g/mol. The molecule has 0 bridgehead atoms. The molecule has 0 atom stereocenters. The topological polar surface area (TPSA) is 184 Å². The summed E-state index contributed by atoms with van der Waals surface area (Å²) in [6.07, 6.45) is 5.98. The predicted molar refractivity (Wildman–Crippen MR) is 159 cm³/mol. The lowest BCUT2D eigenvalue weighted by Gasteiger charge is -2.28. The largest absolute Gasteiger partial charge is 1.00 e. The van der Waals surface area contributed by atoms with Crippen molar-refractivity contribution in [3.8, 4) is 0 Å². The van der Waals surface area contributed by atoms with Gasteiger partial charge in [-0.25, -0.2) is 15.0 Å². The Morgan fingerprint density at radius 1 is 1.17 bits per heavy atom. The lowest BCUT2D eigenvalue weighted by atomic mass is 10.2. The fourth-order valence-electron chi connectivity index (χ4n) is 3.98. The smallest absolute Gasteiger partial charge is 0.391 e. The summed E-state index contributed by atoms with van der Waals surface area (Å²) >= 11 is 6.93. The number of nitro groups is 1. The van der Waals surface area contributed by atoms with E-state index < -0.39 is 22.6 Å². The minimum atomic E-state index is -0.859. The molecule has 14 nitrogen and oxygen atoms in total. The van der Waals surface area contributed by atoms with Crippen LogP contribution >= 0.6 is 31.9 Å². The first kappa shape index (κ1) is 32.7. The summed E-state index contributed by atoms with van der Waals surface area (Å²) in [6.45, 7) is 0.507. The molecule has 4 N–H and O–H groups in total. The molecule has 0 unspecified atom stereocenters. The van der Waals surface area contributed by atoms with Crippen LogP contribution in [0.4, 0.5) is 23.1 Å². The minimum absolute atomic E-state index is 0. The standard InChI is InChI=1S/C25H24Br2N10O4.BrH/c1-35-19(24(36(40)41)34-25(35)22(28)39)12-37(2,3)8-4-5-21(38)33-20-10-15-18(11-29-20)30-13-31-23(15)32-14-6-7-16(26)17(27)9-14;/h4-7,9-11,13H,8,12H2,1-3H3,(H3-,28,29,30,31,32,33,34,38,39);1H/b5-4+;. The van der Waals surface area contributed by atoms with Crippen LogP contribution in [0, 0.1) is 10.1 Å². The molecular formula is C25H25Br3N10O4. The van der Waals surface area contributed by atoms with Crippen LogP contribution in [0.2, 0.25) is 0 Å². The van der Waals surface area contributed by atoms with Gasteiger partial charge in [-0.15, -0.1) is 0 Å². The number of nitrogens with zero attached hydrogens (tertiary/aromatic N) is 7. The van der Waals surface area contributed by atoms with Gasteiger partial charge in [-0.1, -0.05) is 0 Å². The highest BCUT2D eigenvalue weighted by molar-refractivity contribution is 9.13. The van der Waals surface area contributed by atoms with Crippen LogP contribution in [0.1, 0.15) is 16.3 Å². The van der Waals surface area contributed by atoms with E-state index in [1.54, 1.807) is 18.3 Å². The Hall–Kier alpha value is -3.80. The SMILES string of the molecule is Cn1c(C(N)=O)nc([N+](=O)[O-])c1C[N+](C)(C)C/C=C/C(=O)Nc1cc2c(Nc3ccc(Br)c(Br)c3)ncnc2cn1.[Br-]. The Kier molecular flexibility index (Phi) is 10.5. The second-order valence-electron chi connectivity index (χ2n) is 9.62. The molecule has 1 aromatic carbocycles. The molecule has 2 amide bonds. The molecule has 4 rings (SSSR count). The number of fused-ring (bicyclic) bond motifs is 1. The van der Waals surface area contributed by atoms with Crippen LogP contribution in [-0.4, -0.2) is 66.4 Å². The summed E-state index contributed by atoms with van der Waals surface area (Å²) in [5.41, 5.74) is 6.93. The number of nitrogens with one attached hydrogen (secondary N) is 2. The molecule has 4 aromatic rings. The number of aromatic nitrogens is 5. The van der Waals surface area contributed by atoms with E-state index in [1.807, 2.05) is 32.3 Å². The summed E-state index contributed by atoms with van der Waals surface area (Å²) in [5.74, 6) is -1.05. The van der Waals surface area contributed by atoms with E-state index in [0.717, 1.165) is 14.6 Å². The number of pyridine rings is 1. The van der Waals surface area contributed by atoms with Crippen molar-refractivity contribution in [1.82, 2.24) is 24.5 Å². The van der Waals surface area contributed by atoms with E-state index in [1.165, 1.54) is 24.0 Å². The molecule has 0 aliphatic rings. The lowest BCUT2D eigenvalue weighted by Crippen LogP contribution is -3.00. The Morgan fingerprint density at radius 3 is 2.57 bits per heavy atom. The van der Waals surface area contributed by atoms with Crippen molar-refractivity contribution < 1.29 is 36.0 Å². The molecule has 0 saturated carbocycles. The number of imidazole rings is 1. The summed E-state index contributed by atoms with van der Waals surface area (Å²) in [7, 11) is 5.15. The van der Waals surface area contributed by atoms with Gasteiger partial charge in [0, 0.05) is 33.1 Å². The number of amides is 2. The van der Waals surface area contributed by atoms with E-state index in [2.05, 4.69) is 62.4 Å². The van der Waals surface area contributed by atoms with E-state index in [0.29, 0.717) is 29.1 Å². The summed E-state index contributed by atoms with van der Waals surface area (Å²) in [5, 5.41) is 18.1. The molecule has 0 spiro atoms. The van der Waals surface area contributed by atoms with Crippen LogP contribution in [0.3, 0.4) is 0 Å². The molecule has 17 heteroatoms. The molecule has 0 radical (unpaired) electrons. The first-order valence-electron chi connectivity index (χ1n) is 12.0. The third-order valence-corrected chi connectivity index (χ3v) is 7.87. The van der Waals surface area contributed by atoms with Gasteiger partial charge in [0.2, 0.25) is 5.91 Å². The number of hydrogen-bond donors (Lipinski definition) is 3. The Bertz CT molecular complexity index is 1710. The van der Waals surface area contributed by atoms with Crippen molar-refractivity contribution in [3.05, 3.63) is 79.5 Å². The van der Waals surface area contributed by atoms with E-state index in [-0.39, 0.29) is 39.5 Å². The fraction of sp³-hybridized carbons (Fsp3) is 0.200. The number of rotatable bonds is 10. The molecule has 220 valence electrons. The highest BCUT2D eigenvalue weighted by atomic mass is 79.9. The second kappa shape index (κ2) is 13.5. The molecule has 0 fully saturated rings. The zero-order valence-corrected chi connectivity index (χ0v) is 27.3. The van der Waals surface area contributed by atoms with Crippen molar-refractivity contribution in [2.24, 2.45) is 12.8 Å². The fourth-order valence-corrected chi connectivity index (χ4v) is 4.61. The highest BCUT2D eigenvalue weighted by Crippen LogP contribution is 2.29. The van der Waals surface area contributed by atoms with Crippen LogP contribution in [0.25, 0.3) is 10.9 Å². The molecular weight excluding hydrogens is 744 g/mol. The first-order chi connectivity index (χ1) is 19.3. The number of carbonyl (C=O) groups excluding carboxylic acids is 2. The third-order valence-electron chi connectivity index (χ3n) is 5.99.